The SMILES string of the molecule is O=C(NCc1ccc(C(F)(F)F)cc1)c1cccc(N2CCCC2=O)c1. The Morgan fingerprint density at radius 1 is 1.12 bits per heavy atom. The van der Waals surface area contributed by atoms with Crippen molar-refractivity contribution in [1.29, 1.82) is 0 Å². The molecule has 1 saturated heterocycles. The Balaban J connectivity index is 1.64. The molecule has 0 aromatic heterocycles. The van der Waals surface area contributed by atoms with E-state index in [4.69, 9.17) is 0 Å². The molecule has 7 heteroatoms. The molecule has 2 amide bonds. The minimum Gasteiger partial charge on any atom is -0.348 e. The second kappa shape index (κ2) is 7.19. The summed E-state index contributed by atoms with van der Waals surface area (Å²) in [7, 11) is 0. The second-order valence-electron chi connectivity index (χ2n) is 6.08. The summed E-state index contributed by atoms with van der Waals surface area (Å²) in [5.41, 5.74) is 0.913. The van der Waals surface area contributed by atoms with Gasteiger partial charge in [0, 0.05) is 30.8 Å². The number of anilines is 1. The molecule has 0 unspecified atom stereocenters. The molecule has 0 spiro atoms. The average Bonchev–Trinajstić information content (AvgIpc) is 3.05. The fourth-order valence-corrected chi connectivity index (χ4v) is 2.83. The third-order valence-corrected chi connectivity index (χ3v) is 4.23. The Morgan fingerprint density at radius 2 is 1.85 bits per heavy atom. The molecule has 0 aliphatic carbocycles. The number of hydrogen-bond acceptors (Lipinski definition) is 2. The number of benzene rings is 2. The van der Waals surface area contributed by atoms with Crippen LogP contribution in [0.15, 0.2) is 48.5 Å². The van der Waals surface area contributed by atoms with E-state index in [0.717, 1.165) is 18.6 Å². The first-order chi connectivity index (χ1) is 12.3. The highest BCUT2D eigenvalue weighted by atomic mass is 19.4. The highest BCUT2D eigenvalue weighted by molar-refractivity contribution is 5.99. The molecule has 136 valence electrons. The summed E-state index contributed by atoms with van der Waals surface area (Å²) < 4.78 is 37.7. The molecule has 4 nitrogen and oxygen atoms in total. The lowest BCUT2D eigenvalue weighted by Crippen LogP contribution is -2.25. The van der Waals surface area contributed by atoms with Crippen molar-refractivity contribution in [1.82, 2.24) is 5.32 Å². The van der Waals surface area contributed by atoms with Crippen LogP contribution >= 0.6 is 0 Å². The van der Waals surface area contributed by atoms with E-state index in [9.17, 15) is 22.8 Å². The summed E-state index contributed by atoms with van der Waals surface area (Å²) in [6, 6.07) is 11.4. The third-order valence-electron chi connectivity index (χ3n) is 4.23. The molecule has 0 radical (unpaired) electrons. The number of halogens is 3. The van der Waals surface area contributed by atoms with Gasteiger partial charge in [-0.25, -0.2) is 0 Å². The third kappa shape index (κ3) is 4.04. The van der Waals surface area contributed by atoms with Crippen LogP contribution in [0.1, 0.15) is 34.3 Å². The van der Waals surface area contributed by atoms with Crippen molar-refractivity contribution >= 4 is 17.5 Å². The van der Waals surface area contributed by atoms with Crippen molar-refractivity contribution in [2.75, 3.05) is 11.4 Å². The molecule has 26 heavy (non-hydrogen) atoms. The number of nitrogens with one attached hydrogen (secondary N) is 1. The maximum absolute atomic E-state index is 12.6. The fourth-order valence-electron chi connectivity index (χ4n) is 2.83. The fraction of sp³-hybridized carbons (Fsp3) is 0.263. The molecule has 0 atom stereocenters. The minimum atomic E-state index is -4.38. The molecule has 1 fully saturated rings. The molecular weight excluding hydrogens is 345 g/mol. The van der Waals surface area contributed by atoms with Gasteiger partial charge in [-0.2, -0.15) is 13.2 Å². The summed E-state index contributed by atoms with van der Waals surface area (Å²) in [4.78, 5) is 25.8. The van der Waals surface area contributed by atoms with Gasteiger partial charge < -0.3 is 10.2 Å². The van der Waals surface area contributed by atoms with E-state index < -0.39 is 11.7 Å². The lowest BCUT2D eigenvalue weighted by molar-refractivity contribution is -0.137. The van der Waals surface area contributed by atoms with Crippen LogP contribution < -0.4 is 10.2 Å². The van der Waals surface area contributed by atoms with E-state index in [1.807, 2.05) is 0 Å². The van der Waals surface area contributed by atoms with Gasteiger partial charge in [-0.3, -0.25) is 9.59 Å². The number of carbonyl (C=O) groups is 2. The smallest absolute Gasteiger partial charge is 0.348 e. The van der Waals surface area contributed by atoms with E-state index >= 15 is 0 Å². The Morgan fingerprint density at radius 3 is 2.46 bits per heavy atom. The summed E-state index contributed by atoms with van der Waals surface area (Å²) in [5, 5.41) is 2.68. The van der Waals surface area contributed by atoms with Gasteiger partial charge >= 0.3 is 6.18 Å². The Hall–Kier alpha value is -2.83. The van der Waals surface area contributed by atoms with Crippen molar-refractivity contribution < 1.29 is 22.8 Å². The topological polar surface area (TPSA) is 49.4 Å². The largest absolute Gasteiger partial charge is 0.416 e. The van der Waals surface area contributed by atoms with E-state index in [-0.39, 0.29) is 18.4 Å². The Labute approximate surface area is 148 Å². The predicted octanol–water partition coefficient (Wildman–Crippen LogP) is 3.76. The van der Waals surface area contributed by atoms with Crippen molar-refractivity contribution in [2.24, 2.45) is 0 Å². The van der Waals surface area contributed by atoms with Crippen molar-refractivity contribution in [3.05, 3.63) is 65.2 Å². The lowest BCUT2D eigenvalue weighted by atomic mass is 10.1. The monoisotopic (exact) mass is 362 g/mol. The van der Waals surface area contributed by atoms with Gasteiger partial charge in [-0.1, -0.05) is 18.2 Å². The maximum atomic E-state index is 12.6. The van der Waals surface area contributed by atoms with Crippen LogP contribution in [0, 0.1) is 0 Å². The first-order valence-corrected chi connectivity index (χ1v) is 8.19. The zero-order valence-electron chi connectivity index (χ0n) is 13.8. The predicted molar refractivity (Wildman–Crippen MR) is 90.6 cm³/mol. The van der Waals surface area contributed by atoms with Crippen LogP contribution in [-0.4, -0.2) is 18.4 Å². The standard InChI is InChI=1S/C19H17F3N2O2/c20-19(21,22)15-8-6-13(7-9-15)12-23-18(26)14-3-1-4-16(11-14)24-10-2-5-17(24)25/h1,3-4,6-9,11H,2,5,10,12H2,(H,23,26). The Kier molecular flexibility index (Phi) is 4.97. The van der Waals surface area contributed by atoms with Crippen LogP contribution in [0.3, 0.4) is 0 Å². The summed E-state index contributed by atoms with van der Waals surface area (Å²) in [6.07, 6.45) is -3.08. The number of nitrogens with zero attached hydrogens (tertiary/aromatic N) is 1. The van der Waals surface area contributed by atoms with Crippen LogP contribution in [0.25, 0.3) is 0 Å². The zero-order valence-corrected chi connectivity index (χ0v) is 13.8. The number of amides is 2. The summed E-state index contributed by atoms with van der Waals surface area (Å²) in [5.74, 6) is -0.314. The first kappa shape index (κ1) is 18.0. The maximum Gasteiger partial charge on any atom is 0.416 e. The number of carbonyl (C=O) groups excluding carboxylic acids is 2. The molecule has 1 heterocycles. The lowest BCUT2D eigenvalue weighted by Gasteiger charge is -2.16. The number of alkyl halides is 3. The molecule has 2 aromatic carbocycles. The molecule has 1 N–H and O–H groups in total. The van der Waals surface area contributed by atoms with Crippen molar-refractivity contribution in [3.8, 4) is 0 Å². The molecule has 1 aliphatic rings. The quantitative estimate of drug-likeness (QED) is 0.900. The van der Waals surface area contributed by atoms with Crippen LogP contribution in [0.4, 0.5) is 18.9 Å². The van der Waals surface area contributed by atoms with Gasteiger partial charge in [0.25, 0.3) is 5.91 Å². The van der Waals surface area contributed by atoms with Gasteiger partial charge in [-0.15, -0.1) is 0 Å². The highest BCUT2D eigenvalue weighted by Crippen LogP contribution is 2.29. The van der Waals surface area contributed by atoms with Crippen molar-refractivity contribution in [3.63, 3.8) is 0 Å². The molecule has 3 rings (SSSR count). The van der Waals surface area contributed by atoms with Crippen LogP contribution in [0.2, 0.25) is 0 Å². The number of hydrogen-bond donors (Lipinski definition) is 1. The van der Waals surface area contributed by atoms with E-state index in [1.54, 1.807) is 29.2 Å². The van der Waals surface area contributed by atoms with Gasteiger partial charge in [0.1, 0.15) is 0 Å². The zero-order chi connectivity index (χ0) is 18.7. The first-order valence-electron chi connectivity index (χ1n) is 8.19. The molecular formula is C19H17F3N2O2. The Bertz CT molecular complexity index is 816. The van der Waals surface area contributed by atoms with Gasteiger partial charge in [0.15, 0.2) is 0 Å². The van der Waals surface area contributed by atoms with E-state index in [2.05, 4.69) is 5.32 Å². The molecule has 1 aliphatic heterocycles. The van der Waals surface area contributed by atoms with E-state index in [0.29, 0.717) is 29.8 Å². The molecule has 2 aromatic rings. The van der Waals surface area contributed by atoms with Gasteiger partial charge in [0.05, 0.1) is 5.56 Å². The average molecular weight is 362 g/mol. The summed E-state index contributed by atoms with van der Waals surface area (Å²) in [6.45, 7) is 0.749. The second-order valence-corrected chi connectivity index (χ2v) is 6.08. The normalized spacial score (nSPS) is 14.6. The van der Waals surface area contributed by atoms with Crippen molar-refractivity contribution in [2.45, 2.75) is 25.6 Å². The van der Waals surface area contributed by atoms with Crippen LogP contribution in [-0.2, 0) is 17.5 Å². The molecule has 0 saturated carbocycles. The van der Waals surface area contributed by atoms with Gasteiger partial charge in [-0.05, 0) is 42.3 Å². The minimum absolute atomic E-state index is 0.0345. The summed E-state index contributed by atoms with van der Waals surface area (Å²) >= 11 is 0. The number of rotatable bonds is 4. The highest BCUT2D eigenvalue weighted by Gasteiger charge is 2.29. The molecule has 0 bridgehead atoms. The van der Waals surface area contributed by atoms with E-state index in [1.165, 1.54) is 12.1 Å². The van der Waals surface area contributed by atoms with Gasteiger partial charge in [0.2, 0.25) is 5.91 Å². The van der Waals surface area contributed by atoms with Crippen LogP contribution in [0.5, 0.6) is 0 Å².